The summed E-state index contributed by atoms with van der Waals surface area (Å²) in [5.74, 6) is -1.63. The number of halogens is 1. The number of esters is 1. The monoisotopic (exact) mass is 383 g/mol. The highest BCUT2D eigenvalue weighted by molar-refractivity contribution is 5.92. The maximum Gasteiger partial charge on any atom is 0.308 e. The first-order valence-electron chi connectivity index (χ1n) is 8.46. The molecule has 1 rings (SSSR count). The van der Waals surface area contributed by atoms with E-state index in [-0.39, 0.29) is 36.4 Å². The number of ketones is 1. The van der Waals surface area contributed by atoms with Crippen molar-refractivity contribution in [3.63, 3.8) is 0 Å². The third kappa shape index (κ3) is 7.54. The number of Topliss-reactive ketones (excluding diaryl/α,β-unsaturated/α-hetero) is 1. The molecule has 0 aliphatic heterocycles. The molecule has 3 atom stereocenters. The van der Waals surface area contributed by atoms with E-state index in [1.165, 1.54) is 7.11 Å². The molecule has 146 valence electrons. The third-order valence-electron chi connectivity index (χ3n) is 4.12. The molecule has 3 N–H and O–H groups in total. The summed E-state index contributed by atoms with van der Waals surface area (Å²) in [5, 5.41) is 2.74. The van der Waals surface area contributed by atoms with E-state index in [4.69, 9.17) is 5.73 Å². The summed E-state index contributed by atoms with van der Waals surface area (Å²) < 4.78 is 4.66. The fourth-order valence-electron chi connectivity index (χ4n) is 2.39. The quantitative estimate of drug-likeness (QED) is 0.504. The molecule has 0 unspecified atom stereocenters. The Hall–Kier alpha value is -1.92. The van der Waals surface area contributed by atoms with Gasteiger partial charge in [0.2, 0.25) is 5.91 Å². The Morgan fingerprint density at radius 2 is 1.69 bits per heavy atom. The van der Waals surface area contributed by atoms with Crippen LogP contribution < -0.4 is 23.5 Å². The van der Waals surface area contributed by atoms with Gasteiger partial charge in [0.1, 0.15) is 0 Å². The summed E-state index contributed by atoms with van der Waals surface area (Å²) in [6.45, 7) is 5.32. The van der Waals surface area contributed by atoms with E-state index < -0.39 is 24.0 Å². The number of nitrogens with two attached hydrogens (primary N) is 1. The van der Waals surface area contributed by atoms with Crippen LogP contribution in [0.25, 0.3) is 0 Å². The first-order chi connectivity index (χ1) is 11.8. The second-order valence-electron chi connectivity index (χ2n) is 6.62. The van der Waals surface area contributed by atoms with Gasteiger partial charge in [0.05, 0.1) is 25.1 Å². The van der Waals surface area contributed by atoms with Crippen molar-refractivity contribution < 1.29 is 31.5 Å². The molecule has 0 bridgehead atoms. The van der Waals surface area contributed by atoms with Gasteiger partial charge in [-0.3, -0.25) is 14.4 Å². The van der Waals surface area contributed by atoms with E-state index in [2.05, 4.69) is 10.1 Å². The standard InChI is InChI=1S/C19H28N2O4.ClH/c1-12(2)17(20)18(23)21-15(11-14-8-6-5-7-9-14)16(22)10-13(3)19(24)25-4;/h5-9,12-13,15,17H,10-11,20H2,1-4H3,(H,21,23);1H/p-1/t13-,15+,17+;/m1./s1. The Balaban J connectivity index is 0.00000625. The van der Waals surface area contributed by atoms with E-state index in [1.54, 1.807) is 6.92 Å². The first-order valence-corrected chi connectivity index (χ1v) is 8.46. The van der Waals surface area contributed by atoms with Crippen LogP contribution >= 0.6 is 0 Å². The highest BCUT2D eigenvalue weighted by Crippen LogP contribution is 2.12. The van der Waals surface area contributed by atoms with Crippen LogP contribution in [0.15, 0.2) is 30.3 Å². The van der Waals surface area contributed by atoms with Crippen molar-refractivity contribution in [2.75, 3.05) is 7.11 Å². The van der Waals surface area contributed by atoms with Crippen LogP contribution in [0.4, 0.5) is 0 Å². The minimum absolute atomic E-state index is 0. The van der Waals surface area contributed by atoms with Crippen molar-refractivity contribution in [3.8, 4) is 0 Å². The molecule has 0 aliphatic carbocycles. The lowest BCUT2D eigenvalue weighted by Gasteiger charge is -2.22. The molecule has 0 heterocycles. The van der Waals surface area contributed by atoms with Crippen LogP contribution in [0.2, 0.25) is 0 Å². The Bertz CT molecular complexity index is 592. The molecule has 1 aromatic carbocycles. The predicted molar refractivity (Wildman–Crippen MR) is 95.7 cm³/mol. The number of amides is 1. The highest BCUT2D eigenvalue weighted by Gasteiger charge is 2.28. The third-order valence-corrected chi connectivity index (χ3v) is 4.12. The lowest BCUT2D eigenvalue weighted by molar-refractivity contribution is -0.146. The normalized spacial score (nSPS) is 13.9. The van der Waals surface area contributed by atoms with Gasteiger partial charge in [0, 0.05) is 6.42 Å². The summed E-state index contributed by atoms with van der Waals surface area (Å²) in [6.07, 6.45) is 0.353. The fraction of sp³-hybridized carbons (Fsp3) is 0.526. The molecule has 6 nitrogen and oxygen atoms in total. The lowest BCUT2D eigenvalue weighted by Crippen LogP contribution is -3.00. The zero-order valence-electron chi connectivity index (χ0n) is 15.7. The molecule has 0 aromatic heterocycles. The maximum atomic E-state index is 12.6. The largest absolute Gasteiger partial charge is 1.00 e. The fourth-order valence-corrected chi connectivity index (χ4v) is 2.39. The van der Waals surface area contributed by atoms with Gasteiger partial charge in [-0.15, -0.1) is 0 Å². The highest BCUT2D eigenvalue weighted by atomic mass is 35.5. The van der Waals surface area contributed by atoms with Gasteiger partial charge in [-0.1, -0.05) is 51.1 Å². The number of benzene rings is 1. The summed E-state index contributed by atoms with van der Waals surface area (Å²) in [4.78, 5) is 36.5. The Kier molecular flexibility index (Phi) is 10.8. The molecule has 1 aromatic rings. The van der Waals surface area contributed by atoms with Crippen LogP contribution in [0.1, 0.15) is 32.8 Å². The molecule has 0 fully saturated rings. The Morgan fingerprint density at radius 1 is 1.12 bits per heavy atom. The molecule has 0 aliphatic rings. The molecule has 26 heavy (non-hydrogen) atoms. The van der Waals surface area contributed by atoms with Crippen LogP contribution in [0.3, 0.4) is 0 Å². The van der Waals surface area contributed by atoms with Gasteiger partial charge in [-0.25, -0.2) is 0 Å². The van der Waals surface area contributed by atoms with Gasteiger partial charge >= 0.3 is 5.97 Å². The number of hydrogen-bond acceptors (Lipinski definition) is 5. The lowest BCUT2D eigenvalue weighted by atomic mass is 9.94. The molecule has 0 spiro atoms. The Labute approximate surface area is 161 Å². The van der Waals surface area contributed by atoms with Crippen molar-refractivity contribution in [3.05, 3.63) is 35.9 Å². The zero-order valence-corrected chi connectivity index (χ0v) is 16.5. The molecule has 0 saturated heterocycles. The number of carbonyl (C=O) groups excluding carboxylic acids is 3. The van der Waals surface area contributed by atoms with Crippen LogP contribution in [0, 0.1) is 11.8 Å². The van der Waals surface area contributed by atoms with Gasteiger partial charge in [-0.2, -0.15) is 0 Å². The van der Waals surface area contributed by atoms with Crippen molar-refractivity contribution in [1.82, 2.24) is 5.32 Å². The van der Waals surface area contributed by atoms with E-state index in [9.17, 15) is 14.4 Å². The van der Waals surface area contributed by atoms with Crippen molar-refractivity contribution in [2.24, 2.45) is 17.6 Å². The topological polar surface area (TPSA) is 98.5 Å². The van der Waals surface area contributed by atoms with Crippen LogP contribution in [-0.2, 0) is 25.5 Å². The molecule has 1 amide bonds. The van der Waals surface area contributed by atoms with E-state index >= 15 is 0 Å². The SMILES string of the molecule is COC(=O)[C@H](C)CC(=O)[C@H](Cc1ccccc1)NC(=O)[C@@H](N)C(C)C.[Cl-]. The van der Waals surface area contributed by atoms with E-state index in [0.29, 0.717) is 6.42 Å². The Morgan fingerprint density at radius 3 is 2.19 bits per heavy atom. The number of methoxy groups -OCH3 is 1. The van der Waals surface area contributed by atoms with Crippen molar-refractivity contribution in [1.29, 1.82) is 0 Å². The number of hydrogen-bond donors (Lipinski definition) is 2. The minimum atomic E-state index is -0.730. The second-order valence-corrected chi connectivity index (χ2v) is 6.62. The van der Waals surface area contributed by atoms with Crippen molar-refractivity contribution in [2.45, 2.75) is 45.7 Å². The first kappa shape index (κ1) is 24.1. The summed E-state index contributed by atoms with van der Waals surface area (Å²) in [7, 11) is 1.29. The number of carbonyl (C=O) groups is 3. The zero-order chi connectivity index (χ0) is 19.0. The van der Waals surface area contributed by atoms with Crippen LogP contribution in [0.5, 0.6) is 0 Å². The van der Waals surface area contributed by atoms with Crippen LogP contribution in [-0.4, -0.2) is 36.9 Å². The van der Waals surface area contributed by atoms with Crippen molar-refractivity contribution >= 4 is 17.7 Å². The summed E-state index contributed by atoms with van der Waals surface area (Å²) in [6, 6.07) is 7.98. The molecular weight excluding hydrogens is 356 g/mol. The minimum Gasteiger partial charge on any atom is -1.00 e. The second kappa shape index (κ2) is 11.6. The number of nitrogens with one attached hydrogen (secondary N) is 1. The van der Waals surface area contributed by atoms with E-state index in [1.807, 2.05) is 44.2 Å². The average Bonchev–Trinajstić information content (AvgIpc) is 2.60. The molecular formula is C19H28ClN2O4-. The van der Waals surface area contributed by atoms with Gasteiger partial charge in [0.25, 0.3) is 0 Å². The molecule has 7 heteroatoms. The van der Waals surface area contributed by atoms with Gasteiger partial charge < -0.3 is 28.2 Å². The smallest absolute Gasteiger partial charge is 0.308 e. The van der Waals surface area contributed by atoms with Gasteiger partial charge in [-0.05, 0) is 17.9 Å². The maximum absolute atomic E-state index is 12.6. The summed E-state index contributed by atoms with van der Waals surface area (Å²) >= 11 is 0. The summed E-state index contributed by atoms with van der Waals surface area (Å²) in [5.41, 5.74) is 6.80. The predicted octanol–water partition coefficient (Wildman–Crippen LogP) is -1.53. The number of rotatable bonds is 9. The van der Waals surface area contributed by atoms with E-state index in [0.717, 1.165) is 5.56 Å². The van der Waals surface area contributed by atoms with Gasteiger partial charge in [0.15, 0.2) is 5.78 Å². The molecule has 0 saturated carbocycles. The number of ether oxygens (including phenoxy) is 1. The molecule has 0 radical (unpaired) electrons. The average molecular weight is 384 g/mol.